The zero-order chi connectivity index (χ0) is 12.3. The summed E-state index contributed by atoms with van der Waals surface area (Å²) in [7, 11) is 0. The molecule has 0 aliphatic carbocycles. The van der Waals surface area contributed by atoms with Gasteiger partial charge in [-0.05, 0) is 25.8 Å². The van der Waals surface area contributed by atoms with Crippen molar-refractivity contribution < 1.29 is 13.9 Å². The van der Waals surface area contributed by atoms with E-state index in [4.69, 9.17) is 14.9 Å². The number of amides is 1. The number of carbonyl (C=O) groups is 1. The Kier molecular flexibility index (Phi) is 3.49. The highest BCUT2D eigenvalue weighted by Crippen LogP contribution is 2.24. The van der Waals surface area contributed by atoms with E-state index >= 15 is 0 Å². The minimum Gasteiger partial charge on any atom is -0.467 e. The lowest BCUT2D eigenvalue weighted by Gasteiger charge is -2.23. The molecule has 1 aromatic heterocycles. The predicted molar refractivity (Wildman–Crippen MR) is 62.5 cm³/mol. The number of nitrogens with one attached hydrogen (secondary N) is 1. The molecule has 1 aliphatic heterocycles. The molecule has 5 nitrogen and oxygen atoms in total. The van der Waals surface area contributed by atoms with E-state index in [1.54, 1.807) is 6.07 Å². The molecule has 1 saturated heterocycles. The molecule has 1 aliphatic rings. The van der Waals surface area contributed by atoms with Gasteiger partial charge in [0.25, 0.3) is 5.91 Å². The first kappa shape index (κ1) is 12.1. The van der Waals surface area contributed by atoms with E-state index < -0.39 is 0 Å². The largest absolute Gasteiger partial charge is 0.467 e. The number of hydrogen-bond donors (Lipinski definition) is 2. The first-order valence-electron chi connectivity index (χ1n) is 5.83. The molecule has 3 N–H and O–H groups in total. The van der Waals surface area contributed by atoms with Gasteiger partial charge in [-0.15, -0.1) is 0 Å². The number of nitrogens with two attached hydrogens (primary N) is 1. The van der Waals surface area contributed by atoms with Crippen LogP contribution < -0.4 is 11.1 Å². The summed E-state index contributed by atoms with van der Waals surface area (Å²) in [4.78, 5) is 11.8. The fraction of sp³-hybridized carbons (Fsp3) is 0.583. The lowest BCUT2D eigenvalue weighted by atomic mass is 10.0. The lowest BCUT2D eigenvalue weighted by Crippen LogP contribution is -2.40. The molecule has 0 radical (unpaired) electrons. The van der Waals surface area contributed by atoms with E-state index in [2.05, 4.69) is 5.32 Å². The van der Waals surface area contributed by atoms with Crippen LogP contribution in [0.3, 0.4) is 0 Å². The molecule has 1 aromatic rings. The second-order valence-electron chi connectivity index (χ2n) is 4.59. The van der Waals surface area contributed by atoms with E-state index in [0.29, 0.717) is 24.4 Å². The molecule has 17 heavy (non-hydrogen) atoms. The Morgan fingerprint density at radius 3 is 3.06 bits per heavy atom. The van der Waals surface area contributed by atoms with Gasteiger partial charge in [-0.25, -0.2) is 0 Å². The molecular formula is C12H18N2O3. The molecule has 1 fully saturated rings. The predicted octanol–water partition coefficient (Wildman–Crippen LogP) is 1.04. The van der Waals surface area contributed by atoms with Gasteiger partial charge in [-0.3, -0.25) is 4.79 Å². The summed E-state index contributed by atoms with van der Waals surface area (Å²) in [6, 6.07) is 1.66. The monoisotopic (exact) mass is 238 g/mol. The third-order valence-corrected chi connectivity index (χ3v) is 3.04. The van der Waals surface area contributed by atoms with Gasteiger partial charge in [0.05, 0.1) is 17.7 Å². The Bertz CT molecular complexity index is 394. The summed E-state index contributed by atoms with van der Waals surface area (Å²) in [6.07, 6.45) is 3.46. The number of hydrogen-bond acceptors (Lipinski definition) is 4. The first-order valence-corrected chi connectivity index (χ1v) is 5.83. The van der Waals surface area contributed by atoms with Crippen LogP contribution in [0.25, 0.3) is 0 Å². The molecule has 1 unspecified atom stereocenters. The molecule has 0 spiro atoms. The highest BCUT2D eigenvalue weighted by atomic mass is 16.5. The topological polar surface area (TPSA) is 77.5 Å². The average Bonchev–Trinajstić information content (AvgIpc) is 2.95. The number of ether oxygens (including phenoxy) is 1. The molecule has 94 valence electrons. The second kappa shape index (κ2) is 4.89. The van der Waals surface area contributed by atoms with Crippen molar-refractivity contribution in [3.8, 4) is 0 Å². The molecule has 1 atom stereocenters. The molecule has 0 saturated carbocycles. The standard InChI is InChI=1S/C12H18N2O3/c1-12(3-2-4-17-12)8-14-11(15)9-5-10(6-13)16-7-9/h5,7H,2-4,6,8,13H2,1H3,(H,14,15). The number of rotatable bonds is 4. The van der Waals surface area contributed by atoms with Crippen LogP contribution in [0.1, 0.15) is 35.9 Å². The van der Waals surface area contributed by atoms with Gasteiger partial charge in [0.2, 0.25) is 0 Å². The maximum atomic E-state index is 11.8. The normalized spacial score (nSPS) is 23.9. The van der Waals surface area contributed by atoms with E-state index in [-0.39, 0.29) is 11.5 Å². The van der Waals surface area contributed by atoms with Crippen molar-refractivity contribution in [3.63, 3.8) is 0 Å². The van der Waals surface area contributed by atoms with E-state index in [1.807, 2.05) is 6.92 Å². The smallest absolute Gasteiger partial charge is 0.254 e. The number of carbonyl (C=O) groups excluding carboxylic acids is 1. The minimum absolute atomic E-state index is 0.148. The van der Waals surface area contributed by atoms with E-state index in [9.17, 15) is 4.79 Å². The highest BCUT2D eigenvalue weighted by Gasteiger charge is 2.30. The van der Waals surface area contributed by atoms with Crippen LogP contribution in [0.15, 0.2) is 16.7 Å². The first-order chi connectivity index (χ1) is 8.13. The molecule has 2 heterocycles. The Morgan fingerprint density at radius 1 is 1.65 bits per heavy atom. The van der Waals surface area contributed by atoms with Crippen LogP contribution in [0.2, 0.25) is 0 Å². The maximum absolute atomic E-state index is 11.8. The summed E-state index contributed by atoms with van der Waals surface area (Å²) in [5.74, 6) is 0.462. The summed E-state index contributed by atoms with van der Waals surface area (Å²) < 4.78 is 10.7. The minimum atomic E-state index is -0.226. The van der Waals surface area contributed by atoms with Crippen LogP contribution in [-0.4, -0.2) is 24.7 Å². The van der Waals surface area contributed by atoms with Crippen LogP contribution in [0.4, 0.5) is 0 Å². The summed E-state index contributed by atoms with van der Waals surface area (Å²) in [5.41, 5.74) is 5.69. The van der Waals surface area contributed by atoms with Crippen molar-refractivity contribution in [1.29, 1.82) is 0 Å². The second-order valence-corrected chi connectivity index (χ2v) is 4.59. The fourth-order valence-electron chi connectivity index (χ4n) is 1.95. The molecule has 2 rings (SSSR count). The SMILES string of the molecule is CC1(CNC(=O)c2coc(CN)c2)CCCO1. The Hall–Kier alpha value is -1.33. The van der Waals surface area contributed by atoms with E-state index in [0.717, 1.165) is 19.4 Å². The molecular weight excluding hydrogens is 220 g/mol. The number of furan rings is 1. The lowest BCUT2D eigenvalue weighted by molar-refractivity contribution is 0.0206. The van der Waals surface area contributed by atoms with Gasteiger partial charge in [0.1, 0.15) is 12.0 Å². The van der Waals surface area contributed by atoms with Crippen molar-refractivity contribution in [3.05, 3.63) is 23.7 Å². The average molecular weight is 238 g/mol. The van der Waals surface area contributed by atoms with Crippen molar-refractivity contribution in [1.82, 2.24) is 5.32 Å². The fourth-order valence-corrected chi connectivity index (χ4v) is 1.95. The quantitative estimate of drug-likeness (QED) is 0.821. The zero-order valence-electron chi connectivity index (χ0n) is 9.99. The van der Waals surface area contributed by atoms with Crippen LogP contribution in [0.5, 0.6) is 0 Å². The van der Waals surface area contributed by atoms with Crippen LogP contribution in [-0.2, 0) is 11.3 Å². The van der Waals surface area contributed by atoms with Gasteiger partial charge in [-0.2, -0.15) is 0 Å². The third-order valence-electron chi connectivity index (χ3n) is 3.04. The van der Waals surface area contributed by atoms with Gasteiger partial charge in [-0.1, -0.05) is 0 Å². The van der Waals surface area contributed by atoms with Crippen molar-refractivity contribution in [2.45, 2.75) is 31.9 Å². The Morgan fingerprint density at radius 2 is 2.47 bits per heavy atom. The Balaban J connectivity index is 1.88. The summed E-state index contributed by atoms with van der Waals surface area (Å²) >= 11 is 0. The summed E-state index contributed by atoms with van der Waals surface area (Å²) in [5, 5.41) is 2.85. The van der Waals surface area contributed by atoms with Gasteiger partial charge < -0.3 is 20.2 Å². The molecule has 5 heteroatoms. The maximum Gasteiger partial charge on any atom is 0.254 e. The van der Waals surface area contributed by atoms with Crippen LogP contribution in [0, 0.1) is 0 Å². The van der Waals surface area contributed by atoms with Crippen molar-refractivity contribution in [2.24, 2.45) is 5.73 Å². The molecule has 1 amide bonds. The van der Waals surface area contributed by atoms with Crippen LogP contribution >= 0.6 is 0 Å². The molecule has 0 aromatic carbocycles. The van der Waals surface area contributed by atoms with Crippen molar-refractivity contribution in [2.75, 3.05) is 13.2 Å². The van der Waals surface area contributed by atoms with Gasteiger partial charge in [0, 0.05) is 13.2 Å². The van der Waals surface area contributed by atoms with Gasteiger partial charge >= 0.3 is 0 Å². The van der Waals surface area contributed by atoms with E-state index in [1.165, 1.54) is 6.26 Å². The summed E-state index contributed by atoms with van der Waals surface area (Å²) in [6.45, 7) is 3.61. The van der Waals surface area contributed by atoms with Crippen molar-refractivity contribution >= 4 is 5.91 Å². The molecule has 0 bridgehead atoms. The zero-order valence-corrected chi connectivity index (χ0v) is 9.99. The Labute approximate surface area is 100 Å². The van der Waals surface area contributed by atoms with Gasteiger partial charge in [0.15, 0.2) is 0 Å². The third kappa shape index (κ3) is 2.87. The highest BCUT2D eigenvalue weighted by molar-refractivity contribution is 5.94.